The first kappa shape index (κ1) is 16.6. The van der Waals surface area contributed by atoms with E-state index in [1.807, 2.05) is 6.08 Å². The van der Waals surface area contributed by atoms with Crippen molar-refractivity contribution in [1.82, 2.24) is 4.90 Å². The SMILES string of the molecule is C=CCCC(=C)N(C)CC(=C)CCC1C#CCCCC1. The number of nitrogens with zero attached hydrogens (tertiary/aromatic N) is 1. The Labute approximate surface area is 125 Å². The van der Waals surface area contributed by atoms with Gasteiger partial charge in [-0.05, 0) is 38.5 Å². The topological polar surface area (TPSA) is 3.24 Å². The Kier molecular flexibility index (Phi) is 7.88. The van der Waals surface area contributed by atoms with Crippen molar-refractivity contribution in [2.45, 2.75) is 51.4 Å². The van der Waals surface area contributed by atoms with Gasteiger partial charge in [0.05, 0.1) is 0 Å². The molecule has 0 radical (unpaired) electrons. The molecule has 1 atom stereocenters. The summed E-state index contributed by atoms with van der Waals surface area (Å²) in [7, 11) is 2.10. The molecule has 1 heteroatoms. The molecule has 0 aromatic carbocycles. The van der Waals surface area contributed by atoms with Gasteiger partial charge in [0.25, 0.3) is 0 Å². The Morgan fingerprint density at radius 1 is 1.30 bits per heavy atom. The zero-order chi connectivity index (χ0) is 14.8. The highest BCUT2D eigenvalue weighted by molar-refractivity contribution is 5.08. The van der Waals surface area contributed by atoms with Crippen LogP contribution in [0.15, 0.2) is 37.1 Å². The minimum Gasteiger partial charge on any atom is -0.374 e. The van der Waals surface area contributed by atoms with Gasteiger partial charge >= 0.3 is 0 Å². The Hall–Kier alpha value is -1.42. The maximum atomic E-state index is 4.21. The highest BCUT2D eigenvalue weighted by Gasteiger charge is 2.09. The summed E-state index contributed by atoms with van der Waals surface area (Å²) in [6.45, 7) is 13.0. The van der Waals surface area contributed by atoms with Crippen LogP contribution in [0.25, 0.3) is 0 Å². The molecule has 0 saturated heterocycles. The van der Waals surface area contributed by atoms with Gasteiger partial charge in [0.15, 0.2) is 0 Å². The summed E-state index contributed by atoms with van der Waals surface area (Å²) in [5, 5.41) is 0. The molecule has 20 heavy (non-hydrogen) atoms. The third-order valence-electron chi connectivity index (χ3n) is 3.89. The van der Waals surface area contributed by atoms with Crippen molar-refractivity contribution in [3.8, 4) is 11.8 Å². The fraction of sp³-hybridized carbons (Fsp3) is 0.579. The lowest BCUT2D eigenvalue weighted by Crippen LogP contribution is -2.20. The molecule has 0 saturated carbocycles. The summed E-state index contributed by atoms with van der Waals surface area (Å²) in [5.41, 5.74) is 2.46. The number of hydrogen-bond donors (Lipinski definition) is 0. The lowest BCUT2D eigenvalue weighted by Gasteiger charge is -2.23. The highest BCUT2D eigenvalue weighted by atomic mass is 15.1. The van der Waals surface area contributed by atoms with Crippen molar-refractivity contribution in [3.63, 3.8) is 0 Å². The third kappa shape index (κ3) is 6.66. The maximum Gasteiger partial charge on any atom is 0.0379 e. The van der Waals surface area contributed by atoms with E-state index in [0.717, 1.165) is 32.2 Å². The average Bonchev–Trinajstić information content (AvgIpc) is 2.71. The van der Waals surface area contributed by atoms with Crippen molar-refractivity contribution in [1.29, 1.82) is 0 Å². The molecule has 0 aliphatic heterocycles. The standard InChI is InChI=1S/C19H29N/c1-5-6-11-18(3)20(4)16-17(2)14-15-19-12-9-7-8-10-13-19/h5,19H,1-3,6-9,11-12,14-16H2,4H3. The van der Waals surface area contributed by atoms with Gasteiger partial charge in [0, 0.05) is 31.6 Å². The lowest BCUT2D eigenvalue weighted by atomic mass is 9.96. The van der Waals surface area contributed by atoms with Crippen LogP contribution in [0, 0.1) is 17.8 Å². The molecule has 0 aromatic heterocycles. The summed E-state index contributed by atoms with van der Waals surface area (Å²) in [6, 6.07) is 0. The summed E-state index contributed by atoms with van der Waals surface area (Å²) in [5.74, 6) is 7.28. The monoisotopic (exact) mass is 271 g/mol. The van der Waals surface area contributed by atoms with Crippen molar-refractivity contribution in [2.75, 3.05) is 13.6 Å². The number of allylic oxidation sites excluding steroid dienone is 2. The van der Waals surface area contributed by atoms with E-state index < -0.39 is 0 Å². The van der Waals surface area contributed by atoms with Gasteiger partial charge in [-0.15, -0.1) is 12.5 Å². The summed E-state index contributed by atoms with van der Waals surface area (Å²) in [4.78, 5) is 2.21. The van der Waals surface area contributed by atoms with E-state index in [1.54, 1.807) is 0 Å². The van der Waals surface area contributed by atoms with Crippen molar-refractivity contribution in [2.24, 2.45) is 5.92 Å². The Morgan fingerprint density at radius 3 is 2.85 bits per heavy atom. The van der Waals surface area contributed by atoms with Crippen LogP contribution in [0.5, 0.6) is 0 Å². The Morgan fingerprint density at radius 2 is 2.10 bits per heavy atom. The summed E-state index contributed by atoms with van der Waals surface area (Å²) in [6.07, 6.45) is 11.1. The normalized spacial score (nSPS) is 17.6. The van der Waals surface area contributed by atoms with E-state index in [2.05, 4.69) is 43.5 Å². The van der Waals surface area contributed by atoms with E-state index in [-0.39, 0.29) is 0 Å². The molecule has 1 aliphatic rings. The third-order valence-corrected chi connectivity index (χ3v) is 3.89. The highest BCUT2D eigenvalue weighted by Crippen LogP contribution is 2.20. The fourth-order valence-corrected chi connectivity index (χ4v) is 2.47. The number of likely N-dealkylation sites (N-methyl/N-ethyl adjacent to an activating group) is 1. The summed E-state index contributed by atoms with van der Waals surface area (Å²) >= 11 is 0. The van der Waals surface area contributed by atoms with Gasteiger partial charge in [0.1, 0.15) is 0 Å². The van der Waals surface area contributed by atoms with Crippen LogP contribution >= 0.6 is 0 Å². The smallest absolute Gasteiger partial charge is 0.0379 e. The minimum atomic E-state index is 0.587. The molecule has 0 fully saturated rings. The Balaban J connectivity index is 2.26. The lowest BCUT2D eigenvalue weighted by molar-refractivity contribution is 0.426. The molecule has 1 unspecified atom stereocenters. The first-order valence-electron chi connectivity index (χ1n) is 7.78. The van der Waals surface area contributed by atoms with Gasteiger partial charge in [-0.3, -0.25) is 0 Å². The number of hydrogen-bond acceptors (Lipinski definition) is 1. The predicted octanol–water partition coefficient (Wildman–Crippen LogP) is 4.93. The number of rotatable bonds is 9. The second-order valence-electron chi connectivity index (χ2n) is 5.80. The Bertz CT molecular complexity index is 394. The van der Waals surface area contributed by atoms with E-state index in [9.17, 15) is 0 Å². The predicted molar refractivity (Wildman–Crippen MR) is 89.3 cm³/mol. The van der Waals surface area contributed by atoms with E-state index in [4.69, 9.17) is 0 Å². The van der Waals surface area contributed by atoms with Crippen LogP contribution < -0.4 is 0 Å². The van der Waals surface area contributed by atoms with E-state index in [0.29, 0.717) is 5.92 Å². The van der Waals surface area contributed by atoms with Gasteiger partial charge < -0.3 is 4.90 Å². The molecule has 1 rings (SSSR count). The molecule has 0 amide bonds. The van der Waals surface area contributed by atoms with Crippen LogP contribution in [-0.4, -0.2) is 18.5 Å². The van der Waals surface area contributed by atoms with E-state index >= 15 is 0 Å². The summed E-state index contributed by atoms with van der Waals surface area (Å²) < 4.78 is 0. The molecule has 0 aromatic rings. The first-order valence-corrected chi connectivity index (χ1v) is 7.78. The molecule has 0 N–H and O–H groups in total. The van der Waals surface area contributed by atoms with E-state index in [1.165, 1.54) is 37.0 Å². The van der Waals surface area contributed by atoms with Crippen LogP contribution in [0.4, 0.5) is 0 Å². The zero-order valence-electron chi connectivity index (χ0n) is 13.1. The fourth-order valence-electron chi connectivity index (χ4n) is 2.47. The second kappa shape index (κ2) is 9.48. The van der Waals surface area contributed by atoms with Crippen molar-refractivity contribution in [3.05, 3.63) is 37.1 Å². The maximum absolute atomic E-state index is 4.21. The first-order chi connectivity index (χ1) is 9.63. The molecule has 110 valence electrons. The second-order valence-corrected chi connectivity index (χ2v) is 5.80. The van der Waals surface area contributed by atoms with Crippen molar-refractivity contribution >= 4 is 0 Å². The van der Waals surface area contributed by atoms with Crippen LogP contribution in [-0.2, 0) is 0 Å². The van der Waals surface area contributed by atoms with Gasteiger partial charge in [-0.25, -0.2) is 0 Å². The largest absolute Gasteiger partial charge is 0.374 e. The molecule has 0 bridgehead atoms. The zero-order valence-corrected chi connectivity index (χ0v) is 13.1. The van der Waals surface area contributed by atoms with Crippen LogP contribution in [0.2, 0.25) is 0 Å². The quantitative estimate of drug-likeness (QED) is 0.424. The van der Waals surface area contributed by atoms with Crippen molar-refractivity contribution < 1.29 is 0 Å². The van der Waals surface area contributed by atoms with Gasteiger partial charge in [0.2, 0.25) is 0 Å². The van der Waals surface area contributed by atoms with Crippen LogP contribution in [0.1, 0.15) is 51.4 Å². The molecule has 0 spiro atoms. The molecule has 1 aliphatic carbocycles. The van der Waals surface area contributed by atoms with Crippen LogP contribution in [0.3, 0.4) is 0 Å². The molecule has 0 heterocycles. The average molecular weight is 271 g/mol. The minimum absolute atomic E-state index is 0.587. The molecular formula is C19H29N. The van der Waals surface area contributed by atoms with Gasteiger partial charge in [-0.2, -0.15) is 0 Å². The molecule has 1 nitrogen and oxygen atoms in total. The van der Waals surface area contributed by atoms with Gasteiger partial charge in [-0.1, -0.05) is 37.1 Å². The molecular weight excluding hydrogens is 242 g/mol.